The number of nitrogens with zero attached hydrogens (tertiary/aromatic N) is 1. The van der Waals surface area contributed by atoms with Gasteiger partial charge in [0.05, 0.1) is 11.6 Å². The van der Waals surface area contributed by atoms with Gasteiger partial charge >= 0.3 is 5.97 Å². The van der Waals surface area contributed by atoms with Crippen LogP contribution in [0.3, 0.4) is 0 Å². The molecule has 1 heterocycles. The highest BCUT2D eigenvalue weighted by Crippen LogP contribution is 2.19. The Morgan fingerprint density at radius 2 is 2.00 bits per heavy atom. The molecule has 0 saturated carbocycles. The molecular weight excluding hydrogens is 335 g/mol. The Bertz CT molecular complexity index is 715. The predicted molar refractivity (Wildman–Crippen MR) is 87.0 cm³/mol. The number of ether oxygens (including phenoxy) is 1. The molecule has 6 nitrogen and oxygen atoms in total. The lowest BCUT2D eigenvalue weighted by molar-refractivity contribution is -0.144. The molecule has 1 unspecified atom stereocenters. The van der Waals surface area contributed by atoms with Crippen molar-refractivity contribution in [1.82, 2.24) is 10.3 Å². The third-order valence-corrected chi connectivity index (χ3v) is 4.21. The van der Waals surface area contributed by atoms with Gasteiger partial charge in [-0.3, -0.25) is 4.79 Å². The summed E-state index contributed by atoms with van der Waals surface area (Å²) in [5.41, 5.74) is 0.245. The van der Waals surface area contributed by atoms with Crippen LogP contribution in [0.15, 0.2) is 29.6 Å². The predicted octanol–water partition coefficient (Wildman–Crippen LogP) is 2.67. The maximum atomic E-state index is 12.8. The van der Waals surface area contributed by atoms with E-state index >= 15 is 0 Å². The zero-order valence-corrected chi connectivity index (χ0v) is 14.0. The van der Waals surface area contributed by atoms with Crippen LogP contribution in [0.25, 0.3) is 0 Å². The zero-order valence-electron chi connectivity index (χ0n) is 13.2. The van der Waals surface area contributed by atoms with Crippen molar-refractivity contribution in [2.75, 3.05) is 6.54 Å². The number of amides is 1. The molecule has 0 saturated heterocycles. The number of carbonyl (C=O) groups is 2. The number of carbonyl (C=O) groups excluding carboxylic acids is 1. The van der Waals surface area contributed by atoms with Crippen LogP contribution >= 0.6 is 11.3 Å². The van der Waals surface area contributed by atoms with Gasteiger partial charge in [-0.05, 0) is 24.3 Å². The molecule has 1 aromatic heterocycles. The van der Waals surface area contributed by atoms with Crippen LogP contribution in [0, 0.1) is 5.82 Å². The molecule has 24 heavy (non-hydrogen) atoms. The van der Waals surface area contributed by atoms with E-state index in [0.29, 0.717) is 0 Å². The average molecular weight is 352 g/mol. The highest BCUT2D eigenvalue weighted by atomic mass is 32.1. The zero-order chi connectivity index (χ0) is 17.7. The molecule has 1 amide bonds. The van der Waals surface area contributed by atoms with Gasteiger partial charge in [-0.25, -0.2) is 14.2 Å². The van der Waals surface area contributed by atoms with Gasteiger partial charge in [0.25, 0.3) is 5.91 Å². The van der Waals surface area contributed by atoms with E-state index in [0.717, 1.165) is 17.1 Å². The van der Waals surface area contributed by atoms with Crippen LogP contribution in [0.4, 0.5) is 4.39 Å². The number of halogens is 1. The quantitative estimate of drug-likeness (QED) is 0.800. The van der Waals surface area contributed by atoms with Gasteiger partial charge in [0.2, 0.25) is 6.10 Å². The first-order valence-electron chi connectivity index (χ1n) is 7.25. The summed E-state index contributed by atoms with van der Waals surface area (Å²) < 4.78 is 18.1. The minimum atomic E-state index is -1.29. The molecule has 128 valence electrons. The Kier molecular flexibility index (Phi) is 5.86. The number of carboxylic acids is 1. The second-order valence-corrected chi connectivity index (χ2v) is 6.22. The molecule has 2 N–H and O–H groups in total. The van der Waals surface area contributed by atoms with E-state index in [2.05, 4.69) is 10.3 Å². The number of benzene rings is 1. The van der Waals surface area contributed by atoms with Crippen LogP contribution in [0.2, 0.25) is 0 Å². The summed E-state index contributed by atoms with van der Waals surface area (Å²) in [5.74, 6) is -1.74. The number of thiazole rings is 1. The molecule has 0 fully saturated rings. The summed E-state index contributed by atoms with van der Waals surface area (Å²) in [5, 5.41) is 14.1. The van der Waals surface area contributed by atoms with Gasteiger partial charge in [-0.1, -0.05) is 13.8 Å². The Labute approximate surface area is 142 Å². The van der Waals surface area contributed by atoms with Crippen molar-refractivity contribution >= 4 is 23.2 Å². The fourth-order valence-electron chi connectivity index (χ4n) is 1.79. The van der Waals surface area contributed by atoms with Crippen LogP contribution in [-0.4, -0.2) is 34.6 Å². The monoisotopic (exact) mass is 352 g/mol. The number of aromatic nitrogens is 1. The molecule has 0 aliphatic carbocycles. The van der Waals surface area contributed by atoms with Crippen molar-refractivity contribution in [2.24, 2.45) is 0 Å². The summed E-state index contributed by atoms with van der Waals surface area (Å²) in [6, 6.07) is 4.97. The number of nitrogens with one attached hydrogen (secondary N) is 1. The molecule has 2 rings (SSSR count). The maximum absolute atomic E-state index is 12.8. The van der Waals surface area contributed by atoms with E-state index in [1.807, 2.05) is 13.8 Å². The van der Waals surface area contributed by atoms with Gasteiger partial charge in [0.1, 0.15) is 17.3 Å². The van der Waals surface area contributed by atoms with Crippen molar-refractivity contribution in [3.63, 3.8) is 0 Å². The number of hydrogen-bond donors (Lipinski definition) is 2. The molecular formula is C16H17FN2O4S. The molecule has 2 aromatic rings. The van der Waals surface area contributed by atoms with E-state index < -0.39 is 23.8 Å². The van der Waals surface area contributed by atoms with Crippen molar-refractivity contribution < 1.29 is 23.8 Å². The first-order valence-corrected chi connectivity index (χ1v) is 8.13. The van der Waals surface area contributed by atoms with Gasteiger partial charge in [-0.2, -0.15) is 0 Å². The van der Waals surface area contributed by atoms with Gasteiger partial charge in [0.15, 0.2) is 0 Å². The van der Waals surface area contributed by atoms with Crippen LogP contribution in [0.5, 0.6) is 5.75 Å². The second kappa shape index (κ2) is 7.87. The highest BCUT2D eigenvalue weighted by molar-refractivity contribution is 7.09. The van der Waals surface area contributed by atoms with Gasteiger partial charge in [-0.15, -0.1) is 11.3 Å². The Hall–Kier alpha value is -2.48. The molecule has 0 aliphatic rings. The molecule has 0 bridgehead atoms. The third-order valence-electron chi connectivity index (χ3n) is 3.06. The Balaban J connectivity index is 1.96. The molecule has 1 atom stereocenters. The number of aliphatic carboxylic acids is 1. The van der Waals surface area contributed by atoms with E-state index in [1.165, 1.54) is 23.5 Å². The normalized spacial score (nSPS) is 12.0. The Morgan fingerprint density at radius 1 is 1.33 bits per heavy atom. The minimum Gasteiger partial charge on any atom is -0.478 e. The fraction of sp³-hybridized carbons (Fsp3) is 0.312. The first kappa shape index (κ1) is 17.9. The number of hydrogen-bond acceptors (Lipinski definition) is 5. The first-order chi connectivity index (χ1) is 11.4. The van der Waals surface area contributed by atoms with E-state index in [1.54, 1.807) is 5.38 Å². The van der Waals surface area contributed by atoms with E-state index in [9.17, 15) is 19.1 Å². The molecule has 1 aromatic carbocycles. The minimum absolute atomic E-state index is 0.203. The summed E-state index contributed by atoms with van der Waals surface area (Å²) in [6.45, 7) is 3.70. The molecule has 0 radical (unpaired) electrons. The number of carboxylic acid groups (broad SMARTS) is 1. The standard InChI is InChI=1S/C16H17FN2O4S/c1-9(2)15-19-12(8-24-15)14(20)18-7-13(16(21)22)23-11-5-3-10(17)4-6-11/h3-6,8-9,13H,7H2,1-2H3,(H,18,20)(H,21,22). The Morgan fingerprint density at radius 3 is 2.54 bits per heavy atom. The SMILES string of the molecule is CC(C)c1nc(C(=O)NCC(Oc2ccc(F)cc2)C(=O)O)cs1. The lowest BCUT2D eigenvalue weighted by atomic mass is 10.2. The van der Waals surface area contributed by atoms with Crippen molar-refractivity contribution in [3.05, 3.63) is 46.2 Å². The largest absolute Gasteiger partial charge is 0.478 e. The summed E-state index contributed by atoms with van der Waals surface area (Å²) in [6.07, 6.45) is -1.29. The van der Waals surface area contributed by atoms with Crippen molar-refractivity contribution in [3.8, 4) is 5.75 Å². The van der Waals surface area contributed by atoms with E-state index in [4.69, 9.17) is 4.74 Å². The van der Waals surface area contributed by atoms with Crippen LogP contribution < -0.4 is 10.1 Å². The van der Waals surface area contributed by atoms with Crippen LogP contribution in [-0.2, 0) is 4.79 Å². The van der Waals surface area contributed by atoms with Gasteiger partial charge in [0, 0.05) is 11.3 Å². The average Bonchev–Trinajstić information content (AvgIpc) is 3.03. The molecule has 0 spiro atoms. The summed E-state index contributed by atoms with van der Waals surface area (Å²) in [4.78, 5) is 27.5. The van der Waals surface area contributed by atoms with Crippen molar-refractivity contribution in [2.45, 2.75) is 25.9 Å². The molecule has 0 aliphatic heterocycles. The molecule has 8 heteroatoms. The smallest absolute Gasteiger partial charge is 0.346 e. The topological polar surface area (TPSA) is 88.5 Å². The maximum Gasteiger partial charge on any atom is 0.346 e. The van der Waals surface area contributed by atoms with Gasteiger partial charge < -0.3 is 15.2 Å². The van der Waals surface area contributed by atoms with E-state index in [-0.39, 0.29) is 23.9 Å². The highest BCUT2D eigenvalue weighted by Gasteiger charge is 2.21. The van der Waals surface area contributed by atoms with Crippen molar-refractivity contribution in [1.29, 1.82) is 0 Å². The number of rotatable bonds is 7. The summed E-state index contributed by atoms with van der Waals surface area (Å²) >= 11 is 1.38. The lowest BCUT2D eigenvalue weighted by Gasteiger charge is -2.15. The second-order valence-electron chi connectivity index (χ2n) is 5.33. The third kappa shape index (κ3) is 4.76. The lowest BCUT2D eigenvalue weighted by Crippen LogP contribution is -2.40. The summed E-state index contributed by atoms with van der Waals surface area (Å²) in [7, 11) is 0. The van der Waals surface area contributed by atoms with Crippen LogP contribution in [0.1, 0.15) is 35.3 Å². The fourth-order valence-corrected chi connectivity index (χ4v) is 2.61.